The standard InChI is InChI=1S/C20H25N5.HI/c1-14-7-5-10-22-18(14)13-25-20(21-3)23-11-9-16-12-24-19-15(2)6-4-8-17(16)19;/h4-8,10,12,24H,9,11,13H2,1-3H3,(H2,21,23,25);1H. The summed E-state index contributed by atoms with van der Waals surface area (Å²) in [5, 5.41) is 8.00. The van der Waals surface area contributed by atoms with Gasteiger partial charge in [-0.05, 0) is 43.0 Å². The number of aromatic nitrogens is 2. The lowest BCUT2D eigenvalue weighted by molar-refractivity contribution is 0.781. The van der Waals surface area contributed by atoms with Gasteiger partial charge in [0.2, 0.25) is 0 Å². The third-order valence-corrected chi connectivity index (χ3v) is 4.46. The van der Waals surface area contributed by atoms with Gasteiger partial charge >= 0.3 is 0 Å². The second kappa shape index (κ2) is 9.56. The Bertz CT molecular complexity index is 885. The van der Waals surface area contributed by atoms with Gasteiger partial charge in [0.05, 0.1) is 12.2 Å². The fourth-order valence-corrected chi connectivity index (χ4v) is 2.98. The van der Waals surface area contributed by atoms with Gasteiger partial charge in [-0.1, -0.05) is 24.3 Å². The van der Waals surface area contributed by atoms with Crippen molar-refractivity contribution < 1.29 is 0 Å². The molecule has 26 heavy (non-hydrogen) atoms. The van der Waals surface area contributed by atoms with Crippen molar-refractivity contribution in [2.24, 2.45) is 4.99 Å². The number of guanidine groups is 1. The van der Waals surface area contributed by atoms with Gasteiger partial charge in [-0.3, -0.25) is 9.98 Å². The van der Waals surface area contributed by atoms with Crippen molar-refractivity contribution in [1.82, 2.24) is 20.6 Å². The third kappa shape index (κ3) is 4.75. The minimum Gasteiger partial charge on any atom is -0.361 e. The molecule has 3 N–H and O–H groups in total. The topological polar surface area (TPSA) is 65.1 Å². The number of benzene rings is 1. The predicted molar refractivity (Wildman–Crippen MR) is 119 cm³/mol. The van der Waals surface area contributed by atoms with E-state index in [-0.39, 0.29) is 24.0 Å². The molecule has 0 saturated carbocycles. The number of rotatable bonds is 5. The maximum absolute atomic E-state index is 4.40. The van der Waals surface area contributed by atoms with Crippen molar-refractivity contribution in [2.45, 2.75) is 26.8 Å². The SMILES string of the molecule is CN=C(NCCc1c[nH]c2c(C)cccc12)NCc1ncccc1C.I. The number of nitrogens with zero attached hydrogens (tertiary/aromatic N) is 2. The van der Waals surface area contributed by atoms with Gasteiger partial charge in [0.1, 0.15) is 0 Å². The Hall–Kier alpha value is -2.09. The van der Waals surface area contributed by atoms with Crippen molar-refractivity contribution in [2.75, 3.05) is 13.6 Å². The van der Waals surface area contributed by atoms with Crippen LogP contribution in [0.1, 0.15) is 22.4 Å². The van der Waals surface area contributed by atoms with Crippen LogP contribution in [0.4, 0.5) is 0 Å². The van der Waals surface area contributed by atoms with Gasteiger partial charge < -0.3 is 15.6 Å². The summed E-state index contributed by atoms with van der Waals surface area (Å²) >= 11 is 0. The number of hydrogen-bond donors (Lipinski definition) is 3. The predicted octanol–water partition coefficient (Wildman–Crippen LogP) is 3.71. The molecule has 0 atom stereocenters. The van der Waals surface area contributed by atoms with Crippen LogP contribution >= 0.6 is 24.0 Å². The van der Waals surface area contributed by atoms with Crippen LogP contribution in [-0.4, -0.2) is 29.5 Å². The van der Waals surface area contributed by atoms with E-state index in [0.29, 0.717) is 6.54 Å². The van der Waals surface area contributed by atoms with Crippen molar-refractivity contribution in [3.8, 4) is 0 Å². The smallest absolute Gasteiger partial charge is 0.191 e. The molecule has 0 spiro atoms. The van der Waals surface area contributed by atoms with Gasteiger partial charge in [-0.25, -0.2) is 0 Å². The van der Waals surface area contributed by atoms with Crippen LogP contribution in [-0.2, 0) is 13.0 Å². The summed E-state index contributed by atoms with van der Waals surface area (Å²) in [7, 11) is 1.79. The molecule has 0 aliphatic heterocycles. The van der Waals surface area contributed by atoms with E-state index in [1.807, 2.05) is 12.3 Å². The van der Waals surface area contributed by atoms with E-state index in [4.69, 9.17) is 0 Å². The molecule has 3 aromatic rings. The molecule has 0 bridgehead atoms. The highest BCUT2D eigenvalue weighted by Crippen LogP contribution is 2.21. The number of aryl methyl sites for hydroxylation is 2. The number of halogens is 1. The van der Waals surface area contributed by atoms with Gasteiger partial charge in [0, 0.05) is 36.9 Å². The zero-order valence-corrected chi connectivity index (χ0v) is 17.8. The van der Waals surface area contributed by atoms with Crippen LogP contribution in [0.5, 0.6) is 0 Å². The lowest BCUT2D eigenvalue weighted by Gasteiger charge is -2.12. The number of para-hydroxylation sites is 1. The number of nitrogens with one attached hydrogen (secondary N) is 3. The quantitative estimate of drug-likeness (QED) is 0.307. The number of aliphatic imine (C=N–C) groups is 1. The van der Waals surface area contributed by atoms with Gasteiger partial charge in [0.25, 0.3) is 0 Å². The van der Waals surface area contributed by atoms with Gasteiger partial charge in [-0.2, -0.15) is 0 Å². The molecular formula is C20H26IN5. The number of H-pyrrole nitrogens is 1. The highest BCUT2D eigenvalue weighted by Gasteiger charge is 2.06. The Kier molecular flexibility index (Phi) is 7.44. The van der Waals surface area contributed by atoms with Crippen LogP contribution in [0.3, 0.4) is 0 Å². The van der Waals surface area contributed by atoms with Gasteiger partial charge in [0.15, 0.2) is 5.96 Å². The van der Waals surface area contributed by atoms with E-state index in [2.05, 4.69) is 69.9 Å². The minimum atomic E-state index is 0. The normalized spacial score (nSPS) is 11.3. The number of pyridine rings is 1. The lowest BCUT2D eigenvalue weighted by atomic mass is 10.1. The Labute approximate surface area is 171 Å². The lowest BCUT2D eigenvalue weighted by Crippen LogP contribution is -2.38. The molecule has 0 aliphatic rings. The fraction of sp³-hybridized carbons (Fsp3) is 0.300. The van der Waals surface area contributed by atoms with Crippen LogP contribution in [0, 0.1) is 13.8 Å². The molecule has 6 heteroatoms. The second-order valence-electron chi connectivity index (χ2n) is 6.18. The highest BCUT2D eigenvalue weighted by molar-refractivity contribution is 14.0. The summed E-state index contributed by atoms with van der Waals surface area (Å²) in [5.74, 6) is 0.793. The summed E-state index contributed by atoms with van der Waals surface area (Å²) in [6.07, 6.45) is 4.86. The maximum Gasteiger partial charge on any atom is 0.191 e. The van der Waals surface area contributed by atoms with Crippen LogP contribution < -0.4 is 10.6 Å². The third-order valence-electron chi connectivity index (χ3n) is 4.46. The second-order valence-corrected chi connectivity index (χ2v) is 6.18. The first-order valence-electron chi connectivity index (χ1n) is 8.59. The first-order valence-corrected chi connectivity index (χ1v) is 8.59. The summed E-state index contributed by atoms with van der Waals surface area (Å²) in [6.45, 7) is 5.69. The van der Waals surface area contributed by atoms with Crippen molar-refractivity contribution >= 4 is 40.8 Å². The number of fused-ring (bicyclic) bond motifs is 1. The molecule has 5 nitrogen and oxygen atoms in total. The molecule has 2 heterocycles. The molecule has 3 rings (SSSR count). The summed E-state index contributed by atoms with van der Waals surface area (Å²) in [5.41, 5.74) is 6.05. The molecule has 1 aromatic carbocycles. The van der Waals surface area contributed by atoms with Crippen LogP contribution in [0.15, 0.2) is 47.7 Å². The number of aromatic amines is 1. The average Bonchev–Trinajstić information content (AvgIpc) is 3.04. The Morgan fingerprint density at radius 3 is 2.69 bits per heavy atom. The first kappa shape index (κ1) is 20.2. The Balaban J connectivity index is 0.00000243. The largest absolute Gasteiger partial charge is 0.361 e. The first-order chi connectivity index (χ1) is 12.2. The maximum atomic E-state index is 4.40. The zero-order valence-electron chi connectivity index (χ0n) is 15.5. The minimum absolute atomic E-state index is 0. The monoisotopic (exact) mass is 463 g/mol. The van der Waals surface area contributed by atoms with E-state index >= 15 is 0 Å². The van der Waals surface area contributed by atoms with E-state index in [9.17, 15) is 0 Å². The van der Waals surface area contributed by atoms with Gasteiger partial charge in [-0.15, -0.1) is 24.0 Å². The molecule has 0 aliphatic carbocycles. The molecular weight excluding hydrogens is 437 g/mol. The Morgan fingerprint density at radius 1 is 1.12 bits per heavy atom. The van der Waals surface area contributed by atoms with E-state index < -0.39 is 0 Å². The van der Waals surface area contributed by atoms with Crippen molar-refractivity contribution in [3.63, 3.8) is 0 Å². The zero-order chi connectivity index (χ0) is 17.6. The molecule has 0 unspecified atom stereocenters. The molecule has 0 saturated heterocycles. The van der Waals surface area contributed by atoms with Crippen LogP contribution in [0.2, 0.25) is 0 Å². The molecule has 0 amide bonds. The van der Waals surface area contributed by atoms with Crippen molar-refractivity contribution in [3.05, 3.63) is 65.1 Å². The van der Waals surface area contributed by atoms with E-state index in [0.717, 1.165) is 24.6 Å². The number of hydrogen-bond acceptors (Lipinski definition) is 2. The van der Waals surface area contributed by atoms with Crippen molar-refractivity contribution in [1.29, 1.82) is 0 Å². The highest BCUT2D eigenvalue weighted by atomic mass is 127. The van der Waals surface area contributed by atoms with Crippen LogP contribution in [0.25, 0.3) is 10.9 Å². The molecule has 138 valence electrons. The average molecular weight is 463 g/mol. The van der Waals surface area contributed by atoms with E-state index in [1.165, 1.54) is 27.6 Å². The summed E-state index contributed by atoms with van der Waals surface area (Å²) in [4.78, 5) is 12.1. The summed E-state index contributed by atoms with van der Waals surface area (Å²) < 4.78 is 0. The fourth-order valence-electron chi connectivity index (χ4n) is 2.98. The molecule has 0 fully saturated rings. The summed E-state index contributed by atoms with van der Waals surface area (Å²) in [6, 6.07) is 10.4. The Morgan fingerprint density at radius 2 is 1.92 bits per heavy atom. The molecule has 2 aromatic heterocycles. The molecule has 0 radical (unpaired) electrons. The van der Waals surface area contributed by atoms with E-state index in [1.54, 1.807) is 7.05 Å².